The number of nitrogens with zero attached hydrogens (tertiary/aromatic N) is 2. The van der Waals surface area contributed by atoms with Gasteiger partial charge in [-0.2, -0.15) is 0 Å². The Labute approximate surface area is 218 Å². The van der Waals surface area contributed by atoms with E-state index in [2.05, 4.69) is 12.1 Å². The second kappa shape index (κ2) is 8.15. The first kappa shape index (κ1) is 22.0. The summed E-state index contributed by atoms with van der Waals surface area (Å²) in [4.78, 5) is 45.2. The van der Waals surface area contributed by atoms with Crippen LogP contribution in [0.1, 0.15) is 15.9 Å². The second-order valence-corrected chi connectivity index (χ2v) is 10.1. The van der Waals surface area contributed by atoms with Crippen molar-refractivity contribution in [2.45, 2.75) is 12.1 Å². The highest BCUT2D eigenvalue weighted by Crippen LogP contribution is 2.50. The molecule has 2 fully saturated rings. The number of benzene rings is 4. The van der Waals surface area contributed by atoms with E-state index >= 15 is 0 Å². The van der Waals surface area contributed by atoms with Crippen LogP contribution in [0.3, 0.4) is 0 Å². The van der Waals surface area contributed by atoms with Gasteiger partial charge in [0.1, 0.15) is 6.04 Å². The molecule has 37 heavy (non-hydrogen) atoms. The normalized spacial score (nSPS) is 23.8. The Morgan fingerprint density at radius 3 is 2.24 bits per heavy atom. The Bertz CT molecular complexity index is 1630. The van der Waals surface area contributed by atoms with Crippen molar-refractivity contribution in [2.24, 2.45) is 11.8 Å². The number of hydrogen-bond donors (Lipinski definition) is 0. The molecule has 6 heteroatoms. The van der Waals surface area contributed by atoms with Gasteiger partial charge in [-0.25, -0.2) is 4.90 Å². The fourth-order valence-corrected chi connectivity index (χ4v) is 6.37. The molecule has 3 heterocycles. The molecular weight excluding hydrogens is 484 g/mol. The van der Waals surface area contributed by atoms with Crippen molar-refractivity contribution in [1.29, 1.82) is 0 Å². The molecule has 2 saturated heterocycles. The third kappa shape index (κ3) is 3.14. The molecule has 0 saturated carbocycles. The largest absolute Gasteiger partial charge is 0.352 e. The standard InChI is InChI=1S/C31H21ClN2O3/c32-20-11-13-21(14-12-20)33-30(36)26-25-17-15-23-22-9-5-4-6-18(22)10-16-24(23)34(25)28(27(26)31(33)37)29(35)19-7-2-1-3-8-19/h1-17,25-28H/t25-,26-,27-,28+/m1/s1. The summed E-state index contributed by atoms with van der Waals surface area (Å²) in [6.45, 7) is 0. The van der Waals surface area contributed by atoms with Crippen LogP contribution in [0.4, 0.5) is 11.4 Å². The Hall–Kier alpha value is -4.22. The van der Waals surface area contributed by atoms with Crippen molar-refractivity contribution in [3.05, 3.63) is 113 Å². The van der Waals surface area contributed by atoms with Crippen molar-refractivity contribution in [3.8, 4) is 0 Å². The molecule has 0 N–H and O–H groups in total. The zero-order valence-electron chi connectivity index (χ0n) is 19.6. The first-order valence-electron chi connectivity index (χ1n) is 12.3. The van der Waals surface area contributed by atoms with Gasteiger partial charge in [-0.1, -0.05) is 84.4 Å². The van der Waals surface area contributed by atoms with Crippen molar-refractivity contribution in [2.75, 3.05) is 9.80 Å². The molecular formula is C31H21ClN2O3. The zero-order chi connectivity index (χ0) is 25.3. The van der Waals surface area contributed by atoms with Gasteiger partial charge in [0.2, 0.25) is 11.8 Å². The zero-order valence-corrected chi connectivity index (χ0v) is 20.4. The maximum absolute atomic E-state index is 14.1. The smallest absolute Gasteiger partial charge is 0.240 e. The number of carbonyl (C=O) groups excluding carboxylic acids is 3. The Morgan fingerprint density at radius 2 is 1.46 bits per heavy atom. The van der Waals surface area contributed by atoms with E-state index in [0.29, 0.717) is 16.3 Å². The van der Waals surface area contributed by atoms with Crippen LogP contribution in [0.25, 0.3) is 16.8 Å². The van der Waals surface area contributed by atoms with E-state index in [1.807, 2.05) is 59.5 Å². The van der Waals surface area contributed by atoms with Gasteiger partial charge >= 0.3 is 0 Å². The lowest BCUT2D eigenvalue weighted by Gasteiger charge is -2.37. The number of rotatable bonds is 3. The Morgan fingerprint density at radius 1 is 0.757 bits per heavy atom. The predicted octanol–water partition coefficient (Wildman–Crippen LogP) is 5.77. The van der Waals surface area contributed by atoms with Crippen molar-refractivity contribution in [1.82, 2.24) is 0 Å². The number of imide groups is 1. The molecule has 5 nitrogen and oxygen atoms in total. The molecule has 180 valence electrons. The third-order valence-corrected chi connectivity index (χ3v) is 8.08. The van der Waals surface area contributed by atoms with E-state index < -0.39 is 23.9 Å². The molecule has 2 amide bonds. The van der Waals surface area contributed by atoms with E-state index in [0.717, 1.165) is 22.0 Å². The number of ketones is 1. The molecule has 3 aliphatic heterocycles. The van der Waals surface area contributed by atoms with Gasteiger partial charge in [0.05, 0.1) is 23.6 Å². The second-order valence-electron chi connectivity index (χ2n) is 9.69. The highest BCUT2D eigenvalue weighted by atomic mass is 35.5. The van der Waals surface area contributed by atoms with Crippen LogP contribution in [-0.2, 0) is 9.59 Å². The SMILES string of the molecule is O=C(c1ccccc1)[C@@H]1[C@@H]2C(=O)N(c3ccc(Cl)cc3)C(=O)[C@@H]2[C@H]2C=Cc3c(ccc4ccccc34)N21. The van der Waals surface area contributed by atoms with Crippen molar-refractivity contribution < 1.29 is 14.4 Å². The monoisotopic (exact) mass is 504 g/mol. The number of Topliss-reactive ketones (excluding diaryl/α,β-unsaturated/α-hetero) is 1. The first-order valence-corrected chi connectivity index (χ1v) is 12.6. The lowest BCUT2D eigenvalue weighted by molar-refractivity contribution is -0.122. The Balaban J connectivity index is 1.40. The number of carbonyl (C=O) groups is 3. The number of amides is 2. The average molecular weight is 505 g/mol. The predicted molar refractivity (Wildman–Crippen MR) is 145 cm³/mol. The molecule has 0 unspecified atom stereocenters. The van der Waals surface area contributed by atoms with Crippen LogP contribution < -0.4 is 9.80 Å². The highest BCUT2D eigenvalue weighted by Gasteiger charge is 2.64. The quantitative estimate of drug-likeness (QED) is 0.263. The van der Waals surface area contributed by atoms with Crippen LogP contribution in [0.15, 0.2) is 97.1 Å². The number of halogens is 1. The van der Waals surface area contributed by atoms with Gasteiger partial charge in [0, 0.05) is 21.8 Å². The van der Waals surface area contributed by atoms with E-state index in [-0.39, 0.29) is 17.6 Å². The molecule has 0 bridgehead atoms. The molecule has 4 aromatic rings. The summed E-state index contributed by atoms with van der Waals surface area (Å²) in [5.74, 6) is -2.27. The minimum Gasteiger partial charge on any atom is -0.352 e. The molecule has 3 aliphatic rings. The van der Waals surface area contributed by atoms with Gasteiger partial charge in [0.15, 0.2) is 5.78 Å². The summed E-state index contributed by atoms with van der Waals surface area (Å²) < 4.78 is 0. The molecule has 0 aliphatic carbocycles. The summed E-state index contributed by atoms with van der Waals surface area (Å²) >= 11 is 6.05. The van der Waals surface area contributed by atoms with E-state index in [1.165, 1.54) is 4.90 Å². The van der Waals surface area contributed by atoms with Crippen molar-refractivity contribution in [3.63, 3.8) is 0 Å². The molecule has 4 aromatic carbocycles. The van der Waals surface area contributed by atoms with Crippen LogP contribution in [0.5, 0.6) is 0 Å². The van der Waals surface area contributed by atoms with E-state index in [1.54, 1.807) is 36.4 Å². The van der Waals surface area contributed by atoms with Crippen LogP contribution in [0, 0.1) is 11.8 Å². The summed E-state index contributed by atoms with van der Waals surface area (Å²) in [5, 5.41) is 2.68. The molecule has 4 atom stereocenters. The maximum atomic E-state index is 14.1. The van der Waals surface area contributed by atoms with E-state index in [4.69, 9.17) is 11.6 Å². The van der Waals surface area contributed by atoms with Gasteiger partial charge < -0.3 is 4.90 Å². The number of hydrogen-bond acceptors (Lipinski definition) is 4. The Kier molecular flexibility index (Phi) is 4.85. The summed E-state index contributed by atoms with van der Waals surface area (Å²) in [5.41, 5.74) is 2.86. The average Bonchev–Trinajstić information content (AvgIpc) is 3.41. The third-order valence-electron chi connectivity index (χ3n) is 7.82. The summed E-state index contributed by atoms with van der Waals surface area (Å²) in [7, 11) is 0. The van der Waals surface area contributed by atoms with Gasteiger partial charge in [-0.05, 0) is 41.1 Å². The fraction of sp³-hybridized carbons (Fsp3) is 0.129. The van der Waals surface area contributed by atoms with Gasteiger partial charge in [0.25, 0.3) is 0 Å². The highest BCUT2D eigenvalue weighted by molar-refractivity contribution is 6.31. The summed E-state index contributed by atoms with van der Waals surface area (Å²) in [6, 6.07) is 26.6. The molecule has 7 rings (SSSR count). The lowest BCUT2D eigenvalue weighted by atomic mass is 9.86. The van der Waals surface area contributed by atoms with E-state index in [9.17, 15) is 14.4 Å². The molecule has 0 radical (unpaired) electrons. The minimum absolute atomic E-state index is 0.161. The van der Waals surface area contributed by atoms with Crippen LogP contribution in [0.2, 0.25) is 5.02 Å². The first-order chi connectivity index (χ1) is 18.0. The molecule has 0 spiro atoms. The van der Waals surface area contributed by atoms with Crippen molar-refractivity contribution >= 4 is 57.4 Å². The fourth-order valence-electron chi connectivity index (χ4n) is 6.24. The van der Waals surface area contributed by atoms with Crippen LogP contribution in [-0.4, -0.2) is 29.7 Å². The number of fused-ring (bicyclic) bond motifs is 7. The number of anilines is 2. The lowest BCUT2D eigenvalue weighted by Crippen LogP contribution is -2.48. The van der Waals surface area contributed by atoms with Gasteiger partial charge in [-0.3, -0.25) is 14.4 Å². The minimum atomic E-state index is -0.809. The topological polar surface area (TPSA) is 57.7 Å². The van der Waals surface area contributed by atoms with Gasteiger partial charge in [-0.15, -0.1) is 0 Å². The molecule has 0 aromatic heterocycles. The summed E-state index contributed by atoms with van der Waals surface area (Å²) in [6.07, 6.45) is 4.02. The maximum Gasteiger partial charge on any atom is 0.240 e. The van der Waals surface area contributed by atoms with Crippen LogP contribution >= 0.6 is 11.6 Å².